The summed E-state index contributed by atoms with van der Waals surface area (Å²) in [4.78, 5) is 26.6. The molecule has 100 valence electrons. The van der Waals surface area contributed by atoms with Gasteiger partial charge in [-0.25, -0.2) is 4.79 Å². The van der Waals surface area contributed by atoms with Gasteiger partial charge in [-0.15, -0.1) is 0 Å². The molecule has 0 bridgehead atoms. The zero-order valence-corrected chi connectivity index (χ0v) is 11.6. The van der Waals surface area contributed by atoms with Crippen molar-refractivity contribution in [3.63, 3.8) is 0 Å². The van der Waals surface area contributed by atoms with E-state index in [-0.39, 0.29) is 10.7 Å². The van der Waals surface area contributed by atoms with Crippen LogP contribution in [0, 0.1) is 11.8 Å². The molecule has 1 aromatic heterocycles. The molecule has 1 saturated carbocycles. The lowest BCUT2D eigenvalue weighted by atomic mass is 10.1. The molecule has 1 aliphatic rings. The van der Waals surface area contributed by atoms with E-state index in [9.17, 15) is 9.59 Å². The number of nitrogens with zero attached hydrogens (tertiary/aromatic N) is 1. The van der Waals surface area contributed by atoms with E-state index < -0.39 is 5.69 Å². The number of halogens is 1. The molecule has 0 aromatic carbocycles. The van der Waals surface area contributed by atoms with Crippen LogP contribution in [0.5, 0.6) is 0 Å². The highest BCUT2D eigenvalue weighted by atomic mass is 35.5. The van der Waals surface area contributed by atoms with Crippen molar-refractivity contribution < 1.29 is 0 Å². The van der Waals surface area contributed by atoms with E-state index in [1.54, 1.807) is 0 Å². The maximum Gasteiger partial charge on any atom is 0.329 e. The van der Waals surface area contributed by atoms with Gasteiger partial charge in [0.25, 0.3) is 5.56 Å². The third kappa shape index (κ3) is 2.69. The van der Waals surface area contributed by atoms with Gasteiger partial charge in [-0.1, -0.05) is 31.9 Å². The van der Waals surface area contributed by atoms with Crippen LogP contribution in [0.15, 0.2) is 9.59 Å². The molecule has 0 saturated heterocycles. The maximum atomic E-state index is 12.2. The van der Waals surface area contributed by atoms with E-state index >= 15 is 0 Å². The Morgan fingerprint density at radius 2 is 2.11 bits per heavy atom. The molecule has 1 heterocycles. The molecule has 5 heteroatoms. The first kappa shape index (κ1) is 13.4. The first-order chi connectivity index (χ1) is 8.54. The first-order valence-corrected chi connectivity index (χ1v) is 6.93. The second-order valence-electron chi connectivity index (χ2n) is 5.20. The van der Waals surface area contributed by atoms with Crippen molar-refractivity contribution in [1.29, 1.82) is 0 Å². The summed E-state index contributed by atoms with van der Waals surface area (Å²) in [6.45, 7) is 4.57. The Bertz CT molecular complexity index is 543. The van der Waals surface area contributed by atoms with E-state index in [2.05, 4.69) is 11.9 Å². The molecule has 1 fully saturated rings. The van der Waals surface area contributed by atoms with Crippen LogP contribution >= 0.6 is 11.6 Å². The molecular formula is C13H19ClN2O2. The highest BCUT2D eigenvalue weighted by molar-refractivity contribution is 6.30. The van der Waals surface area contributed by atoms with Gasteiger partial charge in [0.05, 0.1) is 5.56 Å². The standard InChI is InChI=1S/C13H19ClN2O2/c1-3-4-10-11(14)15-13(18)16(12(10)17)7-8(2)9-5-6-9/h8-9H,3-7H2,1-2H3,(H,15,18). The summed E-state index contributed by atoms with van der Waals surface area (Å²) in [7, 11) is 0. The number of nitrogens with one attached hydrogen (secondary N) is 1. The van der Waals surface area contributed by atoms with Crippen LogP contribution in [-0.4, -0.2) is 9.55 Å². The maximum absolute atomic E-state index is 12.2. The topological polar surface area (TPSA) is 54.9 Å². The first-order valence-electron chi connectivity index (χ1n) is 6.56. The Balaban J connectivity index is 2.36. The predicted octanol–water partition coefficient (Wildman–Crippen LogP) is 2.19. The van der Waals surface area contributed by atoms with Crippen LogP contribution in [0.3, 0.4) is 0 Å². The highest BCUT2D eigenvalue weighted by Gasteiger charge is 2.28. The minimum atomic E-state index is -0.391. The third-order valence-corrected chi connectivity index (χ3v) is 3.95. The number of H-pyrrole nitrogens is 1. The van der Waals surface area contributed by atoms with Gasteiger partial charge in [0.2, 0.25) is 0 Å². The van der Waals surface area contributed by atoms with Crippen LogP contribution < -0.4 is 11.2 Å². The lowest BCUT2D eigenvalue weighted by Crippen LogP contribution is -2.39. The van der Waals surface area contributed by atoms with Gasteiger partial charge < -0.3 is 0 Å². The van der Waals surface area contributed by atoms with Crippen LogP contribution in [-0.2, 0) is 13.0 Å². The molecule has 0 amide bonds. The molecule has 1 N–H and O–H groups in total. The average Bonchev–Trinajstić information content (AvgIpc) is 3.13. The Hall–Kier alpha value is -1.03. The molecule has 4 nitrogen and oxygen atoms in total. The monoisotopic (exact) mass is 270 g/mol. The van der Waals surface area contributed by atoms with E-state index in [1.807, 2.05) is 6.92 Å². The van der Waals surface area contributed by atoms with Crippen LogP contribution in [0.4, 0.5) is 0 Å². The minimum absolute atomic E-state index is 0.196. The number of hydrogen-bond acceptors (Lipinski definition) is 2. The van der Waals surface area contributed by atoms with Crippen LogP contribution in [0.1, 0.15) is 38.7 Å². The zero-order chi connectivity index (χ0) is 13.3. The summed E-state index contributed by atoms with van der Waals surface area (Å²) in [6.07, 6.45) is 3.86. The summed E-state index contributed by atoms with van der Waals surface area (Å²) >= 11 is 5.93. The Labute approximate surface area is 111 Å². The summed E-state index contributed by atoms with van der Waals surface area (Å²) in [5.74, 6) is 1.04. The second-order valence-corrected chi connectivity index (χ2v) is 5.58. The van der Waals surface area contributed by atoms with E-state index in [1.165, 1.54) is 17.4 Å². The van der Waals surface area contributed by atoms with Crippen molar-refractivity contribution >= 4 is 11.6 Å². The van der Waals surface area contributed by atoms with Crippen LogP contribution in [0.25, 0.3) is 0 Å². The largest absolute Gasteiger partial charge is 0.329 e. The lowest BCUT2D eigenvalue weighted by molar-refractivity contribution is 0.411. The SMILES string of the molecule is CCCc1c(Cl)[nH]c(=O)n(CC(C)C2CC2)c1=O. The molecule has 18 heavy (non-hydrogen) atoms. The fraction of sp³-hybridized carbons (Fsp3) is 0.692. The normalized spacial score (nSPS) is 16.8. The molecule has 1 aliphatic carbocycles. The van der Waals surface area contributed by atoms with Gasteiger partial charge in [0, 0.05) is 6.54 Å². The Morgan fingerprint density at radius 3 is 2.67 bits per heavy atom. The van der Waals surface area contributed by atoms with E-state index in [0.717, 1.165) is 6.42 Å². The van der Waals surface area contributed by atoms with E-state index in [4.69, 9.17) is 11.6 Å². The average molecular weight is 271 g/mol. The lowest BCUT2D eigenvalue weighted by Gasteiger charge is -2.13. The van der Waals surface area contributed by atoms with Crippen molar-refractivity contribution in [2.45, 2.75) is 46.1 Å². The molecule has 2 rings (SSSR count). The van der Waals surface area contributed by atoms with Gasteiger partial charge in [-0.05, 0) is 31.1 Å². The Kier molecular flexibility index (Phi) is 3.95. The third-order valence-electron chi connectivity index (χ3n) is 3.63. The summed E-state index contributed by atoms with van der Waals surface area (Å²) in [5.41, 5.74) is -0.0859. The summed E-state index contributed by atoms with van der Waals surface area (Å²) < 4.78 is 1.31. The van der Waals surface area contributed by atoms with Gasteiger partial charge in [0.15, 0.2) is 0 Å². The number of aromatic amines is 1. The van der Waals surface area contributed by atoms with Gasteiger partial charge in [-0.2, -0.15) is 0 Å². The number of rotatable bonds is 5. The van der Waals surface area contributed by atoms with Gasteiger partial charge in [0.1, 0.15) is 5.15 Å². The molecule has 0 aliphatic heterocycles. The quantitative estimate of drug-likeness (QED) is 0.834. The fourth-order valence-electron chi connectivity index (χ4n) is 2.32. The molecule has 0 spiro atoms. The number of hydrogen-bond donors (Lipinski definition) is 1. The van der Waals surface area contributed by atoms with Crippen molar-refractivity contribution in [3.8, 4) is 0 Å². The Morgan fingerprint density at radius 1 is 1.44 bits per heavy atom. The van der Waals surface area contributed by atoms with Crippen molar-refractivity contribution in [2.75, 3.05) is 0 Å². The van der Waals surface area contributed by atoms with Gasteiger partial charge in [-0.3, -0.25) is 14.3 Å². The highest BCUT2D eigenvalue weighted by Crippen LogP contribution is 2.36. The summed E-state index contributed by atoms with van der Waals surface area (Å²) in [6, 6.07) is 0. The molecule has 1 unspecified atom stereocenters. The molecule has 0 radical (unpaired) electrons. The van der Waals surface area contributed by atoms with Crippen molar-refractivity contribution in [3.05, 3.63) is 31.6 Å². The van der Waals surface area contributed by atoms with Crippen molar-refractivity contribution in [1.82, 2.24) is 9.55 Å². The molecule has 1 aromatic rings. The zero-order valence-electron chi connectivity index (χ0n) is 10.8. The minimum Gasteiger partial charge on any atom is -0.297 e. The predicted molar refractivity (Wildman–Crippen MR) is 72.2 cm³/mol. The smallest absolute Gasteiger partial charge is 0.297 e. The second kappa shape index (κ2) is 5.31. The molecular weight excluding hydrogens is 252 g/mol. The number of aromatic nitrogens is 2. The molecule has 1 atom stereocenters. The fourth-order valence-corrected chi connectivity index (χ4v) is 2.58. The van der Waals surface area contributed by atoms with Gasteiger partial charge >= 0.3 is 5.69 Å². The van der Waals surface area contributed by atoms with E-state index in [0.29, 0.717) is 30.4 Å². The summed E-state index contributed by atoms with van der Waals surface area (Å²) in [5, 5.41) is 0.196. The van der Waals surface area contributed by atoms with Crippen molar-refractivity contribution in [2.24, 2.45) is 11.8 Å². The van der Waals surface area contributed by atoms with Crippen LogP contribution in [0.2, 0.25) is 5.15 Å².